The summed E-state index contributed by atoms with van der Waals surface area (Å²) in [5.41, 5.74) is 7.05. The maximum Gasteiger partial charge on any atom is 0.166 e. The summed E-state index contributed by atoms with van der Waals surface area (Å²) >= 11 is 0. The highest BCUT2D eigenvalue weighted by Crippen LogP contribution is 2.13. The molecule has 1 fully saturated rings. The Bertz CT molecular complexity index is 411. The third kappa shape index (κ3) is 3.31. The molecule has 0 amide bonds. The van der Waals surface area contributed by atoms with Gasteiger partial charge >= 0.3 is 0 Å². The Hall–Kier alpha value is -1.39. The number of nitrogens with zero attached hydrogens (tertiary/aromatic N) is 2. The van der Waals surface area contributed by atoms with Crippen LogP contribution < -0.4 is 5.73 Å². The highest BCUT2D eigenvalue weighted by molar-refractivity contribution is 6.00. The number of hydrogen-bond acceptors (Lipinski definition) is 4. The van der Waals surface area contributed by atoms with Gasteiger partial charge in [-0.15, -0.1) is 0 Å². The Kier molecular flexibility index (Phi) is 4.33. The SMILES string of the molecule is CN1CCN(CCC(=O)c2ccccc2N)CC1. The molecular formula is C14H21N3O. The Morgan fingerprint density at radius 3 is 2.56 bits per heavy atom. The largest absolute Gasteiger partial charge is 0.398 e. The van der Waals surface area contributed by atoms with E-state index in [9.17, 15) is 4.79 Å². The minimum Gasteiger partial charge on any atom is -0.398 e. The number of ketones is 1. The fourth-order valence-corrected chi connectivity index (χ4v) is 2.22. The van der Waals surface area contributed by atoms with Gasteiger partial charge in [0.15, 0.2) is 5.78 Å². The van der Waals surface area contributed by atoms with Gasteiger partial charge in [0.2, 0.25) is 0 Å². The van der Waals surface area contributed by atoms with Crippen LogP contribution in [0.3, 0.4) is 0 Å². The first kappa shape index (κ1) is 13.1. The summed E-state index contributed by atoms with van der Waals surface area (Å²) in [6.45, 7) is 5.10. The summed E-state index contributed by atoms with van der Waals surface area (Å²) in [4.78, 5) is 16.7. The summed E-state index contributed by atoms with van der Waals surface area (Å²) in [5, 5.41) is 0. The van der Waals surface area contributed by atoms with Crippen molar-refractivity contribution < 1.29 is 4.79 Å². The van der Waals surface area contributed by atoms with Crippen molar-refractivity contribution in [2.24, 2.45) is 0 Å². The first-order valence-corrected chi connectivity index (χ1v) is 6.45. The molecule has 0 aromatic heterocycles. The normalized spacial score (nSPS) is 17.8. The van der Waals surface area contributed by atoms with E-state index < -0.39 is 0 Å². The second-order valence-corrected chi connectivity index (χ2v) is 4.91. The van der Waals surface area contributed by atoms with E-state index in [1.165, 1.54) is 0 Å². The van der Waals surface area contributed by atoms with E-state index in [1.807, 2.05) is 18.2 Å². The van der Waals surface area contributed by atoms with Crippen LogP contribution >= 0.6 is 0 Å². The monoisotopic (exact) mass is 247 g/mol. The molecule has 1 heterocycles. The smallest absolute Gasteiger partial charge is 0.166 e. The van der Waals surface area contributed by atoms with Crippen LogP contribution in [0.15, 0.2) is 24.3 Å². The number of piperazine rings is 1. The van der Waals surface area contributed by atoms with Crippen molar-refractivity contribution in [1.29, 1.82) is 0 Å². The predicted octanol–water partition coefficient (Wildman–Crippen LogP) is 1.09. The molecule has 98 valence electrons. The molecule has 1 aromatic carbocycles. The fourth-order valence-electron chi connectivity index (χ4n) is 2.22. The molecule has 0 radical (unpaired) electrons. The number of nitrogens with two attached hydrogens (primary N) is 1. The lowest BCUT2D eigenvalue weighted by molar-refractivity contribution is 0.0942. The van der Waals surface area contributed by atoms with Crippen molar-refractivity contribution in [3.63, 3.8) is 0 Å². The van der Waals surface area contributed by atoms with Crippen molar-refractivity contribution in [3.05, 3.63) is 29.8 Å². The second-order valence-electron chi connectivity index (χ2n) is 4.91. The summed E-state index contributed by atoms with van der Waals surface area (Å²) < 4.78 is 0. The van der Waals surface area contributed by atoms with E-state index in [0.29, 0.717) is 17.7 Å². The summed E-state index contributed by atoms with van der Waals surface area (Å²) in [7, 11) is 2.13. The maximum atomic E-state index is 12.1. The van der Waals surface area contributed by atoms with E-state index in [0.717, 1.165) is 32.7 Å². The van der Waals surface area contributed by atoms with Gasteiger partial charge in [0.25, 0.3) is 0 Å². The van der Waals surface area contributed by atoms with Crippen LogP contribution in [0.2, 0.25) is 0 Å². The molecular weight excluding hydrogens is 226 g/mol. The molecule has 4 nitrogen and oxygen atoms in total. The molecule has 0 atom stereocenters. The molecule has 0 unspecified atom stereocenters. The Balaban J connectivity index is 1.84. The van der Waals surface area contributed by atoms with Crippen LogP contribution in [0, 0.1) is 0 Å². The molecule has 1 saturated heterocycles. The van der Waals surface area contributed by atoms with Crippen LogP contribution in [0.4, 0.5) is 5.69 Å². The van der Waals surface area contributed by atoms with Gasteiger partial charge in [-0.05, 0) is 19.2 Å². The lowest BCUT2D eigenvalue weighted by Gasteiger charge is -2.32. The number of nitrogen functional groups attached to an aromatic ring is 1. The van der Waals surface area contributed by atoms with Crippen molar-refractivity contribution in [2.75, 3.05) is 45.5 Å². The number of para-hydroxylation sites is 1. The van der Waals surface area contributed by atoms with Gasteiger partial charge in [-0.3, -0.25) is 4.79 Å². The first-order valence-electron chi connectivity index (χ1n) is 6.45. The minimum absolute atomic E-state index is 0.145. The van der Waals surface area contributed by atoms with Crippen LogP contribution in [0.5, 0.6) is 0 Å². The number of rotatable bonds is 4. The second kappa shape index (κ2) is 5.98. The Morgan fingerprint density at radius 2 is 1.89 bits per heavy atom. The van der Waals surface area contributed by atoms with Crippen molar-refractivity contribution in [3.8, 4) is 0 Å². The van der Waals surface area contributed by atoms with E-state index in [-0.39, 0.29) is 5.78 Å². The maximum absolute atomic E-state index is 12.1. The van der Waals surface area contributed by atoms with E-state index in [4.69, 9.17) is 5.73 Å². The number of Topliss-reactive ketones (excluding diaryl/α,β-unsaturated/α-hetero) is 1. The zero-order valence-corrected chi connectivity index (χ0v) is 10.9. The molecule has 18 heavy (non-hydrogen) atoms. The number of carbonyl (C=O) groups is 1. The van der Waals surface area contributed by atoms with E-state index in [1.54, 1.807) is 6.07 Å². The van der Waals surface area contributed by atoms with Gasteiger partial charge in [0.1, 0.15) is 0 Å². The fraction of sp³-hybridized carbons (Fsp3) is 0.500. The van der Waals surface area contributed by atoms with Gasteiger partial charge in [-0.1, -0.05) is 12.1 Å². The quantitative estimate of drug-likeness (QED) is 0.639. The van der Waals surface area contributed by atoms with Crippen LogP contribution in [-0.4, -0.2) is 55.4 Å². The summed E-state index contributed by atoms with van der Waals surface area (Å²) in [5.74, 6) is 0.145. The molecule has 0 spiro atoms. The number of benzene rings is 1. The zero-order valence-electron chi connectivity index (χ0n) is 10.9. The molecule has 0 saturated carbocycles. The molecule has 2 rings (SSSR count). The van der Waals surface area contributed by atoms with Crippen LogP contribution in [-0.2, 0) is 0 Å². The highest BCUT2D eigenvalue weighted by atomic mass is 16.1. The van der Waals surface area contributed by atoms with Gasteiger partial charge in [0, 0.05) is 50.4 Å². The van der Waals surface area contributed by atoms with Crippen molar-refractivity contribution in [2.45, 2.75) is 6.42 Å². The van der Waals surface area contributed by atoms with E-state index >= 15 is 0 Å². The number of carbonyl (C=O) groups excluding carboxylic acids is 1. The van der Waals surface area contributed by atoms with E-state index in [2.05, 4.69) is 16.8 Å². The van der Waals surface area contributed by atoms with Crippen LogP contribution in [0.1, 0.15) is 16.8 Å². The van der Waals surface area contributed by atoms with Gasteiger partial charge in [-0.25, -0.2) is 0 Å². The molecule has 1 aromatic rings. The Labute approximate surface area is 108 Å². The first-order chi connectivity index (χ1) is 8.66. The zero-order chi connectivity index (χ0) is 13.0. The van der Waals surface area contributed by atoms with Gasteiger partial charge in [0.05, 0.1) is 0 Å². The molecule has 0 aliphatic carbocycles. The van der Waals surface area contributed by atoms with Crippen LogP contribution in [0.25, 0.3) is 0 Å². The minimum atomic E-state index is 0.145. The molecule has 1 aliphatic heterocycles. The third-order valence-electron chi connectivity index (χ3n) is 3.51. The number of anilines is 1. The van der Waals surface area contributed by atoms with Gasteiger partial charge < -0.3 is 15.5 Å². The Morgan fingerprint density at radius 1 is 1.22 bits per heavy atom. The van der Waals surface area contributed by atoms with Crippen molar-refractivity contribution in [1.82, 2.24) is 9.80 Å². The summed E-state index contributed by atoms with van der Waals surface area (Å²) in [6, 6.07) is 7.30. The molecule has 1 aliphatic rings. The third-order valence-corrected chi connectivity index (χ3v) is 3.51. The van der Waals surface area contributed by atoms with Crippen molar-refractivity contribution >= 4 is 11.5 Å². The van der Waals surface area contributed by atoms with Gasteiger partial charge in [-0.2, -0.15) is 0 Å². The predicted molar refractivity (Wildman–Crippen MR) is 73.7 cm³/mol. The lowest BCUT2D eigenvalue weighted by atomic mass is 10.1. The highest BCUT2D eigenvalue weighted by Gasteiger charge is 2.15. The lowest BCUT2D eigenvalue weighted by Crippen LogP contribution is -2.45. The summed E-state index contributed by atoms with van der Waals surface area (Å²) in [6.07, 6.45) is 0.553. The average Bonchev–Trinajstić information content (AvgIpc) is 2.38. The molecule has 2 N–H and O–H groups in total. The molecule has 0 bridgehead atoms. The number of likely N-dealkylation sites (N-methyl/N-ethyl adjacent to an activating group) is 1. The standard InChI is InChI=1S/C14H21N3O/c1-16-8-10-17(11-9-16)7-6-14(18)12-4-2-3-5-13(12)15/h2-5H,6-11,15H2,1H3. The topological polar surface area (TPSA) is 49.6 Å². The molecule has 4 heteroatoms. The average molecular weight is 247 g/mol. The number of hydrogen-bond donors (Lipinski definition) is 1.